The summed E-state index contributed by atoms with van der Waals surface area (Å²) in [5.41, 5.74) is 6.87. The van der Waals surface area contributed by atoms with Gasteiger partial charge in [-0.05, 0) is 54.7 Å². The standard InChI is InChI=1S/C16H16O/c1-11-4-6-15(9-12(11)2)16-7-5-14(10-17)8-13(16)3/h4-10H,1-3H3. The van der Waals surface area contributed by atoms with Gasteiger partial charge in [0.05, 0.1) is 0 Å². The Hall–Kier alpha value is -1.89. The van der Waals surface area contributed by atoms with Crippen molar-refractivity contribution in [2.24, 2.45) is 0 Å². The van der Waals surface area contributed by atoms with Crippen LogP contribution in [0.15, 0.2) is 36.4 Å². The van der Waals surface area contributed by atoms with Crippen molar-refractivity contribution < 1.29 is 4.79 Å². The van der Waals surface area contributed by atoms with Gasteiger partial charge < -0.3 is 0 Å². The van der Waals surface area contributed by atoms with Crippen LogP contribution < -0.4 is 0 Å². The summed E-state index contributed by atoms with van der Waals surface area (Å²) in [6, 6.07) is 12.3. The summed E-state index contributed by atoms with van der Waals surface area (Å²) in [5.74, 6) is 0. The number of hydrogen-bond donors (Lipinski definition) is 0. The second-order valence-electron chi connectivity index (χ2n) is 4.49. The van der Waals surface area contributed by atoms with E-state index >= 15 is 0 Å². The van der Waals surface area contributed by atoms with Crippen LogP contribution in [0.3, 0.4) is 0 Å². The van der Waals surface area contributed by atoms with E-state index in [0.29, 0.717) is 0 Å². The molecule has 0 radical (unpaired) electrons. The van der Waals surface area contributed by atoms with E-state index in [1.165, 1.54) is 22.3 Å². The average molecular weight is 224 g/mol. The van der Waals surface area contributed by atoms with Gasteiger partial charge in [-0.15, -0.1) is 0 Å². The lowest BCUT2D eigenvalue weighted by atomic mass is 9.96. The number of aryl methyl sites for hydroxylation is 3. The van der Waals surface area contributed by atoms with Crippen LogP contribution in [0.25, 0.3) is 11.1 Å². The molecule has 0 spiro atoms. The summed E-state index contributed by atoms with van der Waals surface area (Å²) in [7, 11) is 0. The molecule has 2 aromatic rings. The van der Waals surface area contributed by atoms with Gasteiger partial charge in [-0.25, -0.2) is 0 Å². The van der Waals surface area contributed by atoms with Crippen molar-refractivity contribution in [3.63, 3.8) is 0 Å². The largest absolute Gasteiger partial charge is 0.298 e. The fourth-order valence-electron chi connectivity index (χ4n) is 1.99. The molecule has 2 rings (SSSR count). The molecule has 0 bridgehead atoms. The number of aldehydes is 1. The maximum absolute atomic E-state index is 10.7. The van der Waals surface area contributed by atoms with E-state index < -0.39 is 0 Å². The van der Waals surface area contributed by atoms with E-state index in [-0.39, 0.29) is 0 Å². The van der Waals surface area contributed by atoms with Gasteiger partial charge in [0, 0.05) is 5.56 Å². The molecule has 0 unspecified atom stereocenters. The molecule has 17 heavy (non-hydrogen) atoms. The highest BCUT2D eigenvalue weighted by molar-refractivity contribution is 5.78. The third-order valence-corrected chi connectivity index (χ3v) is 3.20. The van der Waals surface area contributed by atoms with Crippen LogP contribution in [-0.4, -0.2) is 6.29 Å². The lowest BCUT2D eigenvalue weighted by molar-refractivity contribution is 0.112. The first-order chi connectivity index (χ1) is 8.11. The van der Waals surface area contributed by atoms with Crippen molar-refractivity contribution in [3.8, 4) is 11.1 Å². The van der Waals surface area contributed by atoms with Gasteiger partial charge in [0.25, 0.3) is 0 Å². The topological polar surface area (TPSA) is 17.1 Å². The summed E-state index contributed by atoms with van der Waals surface area (Å²) in [6.45, 7) is 6.27. The van der Waals surface area contributed by atoms with Gasteiger partial charge in [-0.1, -0.05) is 30.3 Å². The van der Waals surface area contributed by atoms with Crippen molar-refractivity contribution in [2.75, 3.05) is 0 Å². The monoisotopic (exact) mass is 224 g/mol. The number of benzene rings is 2. The Morgan fingerprint density at radius 1 is 0.824 bits per heavy atom. The predicted molar refractivity (Wildman–Crippen MR) is 71.5 cm³/mol. The summed E-state index contributed by atoms with van der Waals surface area (Å²) in [6.07, 6.45) is 0.886. The summed E-state index contributed by atoms with van der Waals surface area (Å²) >= 11 is 0. The first-order valence-electron chi connectivity index (χ1n) is 5.75. The molecule has 0 aliphatic rings. The summed E-state index contributed by atoms with van der Waals surface area (Å²) in [4.78, 5) is 10.7. The van der Waals surface area contributed by atoms with Gasteiger partial charge >= 0.3 is 0 Å². The Morgan fingerprint density at radius 2 is 1.59 bits per heavy atom. The zero-order valence-electron chi connectivity index (χ0n) is 10.4. The maximum atomic E-state index is 10.7. The molecule has 2 aromatic carbocycles. The van der Waals surface area contributed by atoms with Gasteiger partial charge in [0.1, 0.15) is 6.29 Å². The SMILES string of the molecule is Cc1ccc(-c2ccc(C=O)cc2C)cc1C. The van der Waals surface area contributed by atoms with Crippen LogP contribution in [-0.2, 0) is 0 Å². The molecular weight excluding hydrogens is 208 g/mol. The van der Waals surface area contributed by atoms with Gasteiger partial charge in [-0.2, -0.15) is 0 Å². The van der Waals surface area contributed by atoms with Crippen molar-refractivity contribution in [3.05, 3.63) is 58.7 Å². The Balaban J connectivity index is 2.52. The molecule has 0 N–H and O–H groups in total. The molecule has 0 aromatic heterocycles. The van der Waals surface area contributed by atoms with Crippen LogP contribution >= 0.6 is 0 Å². The van der Waals surface area contributed by atoms with E-state index in [0.717, 1.165) is 17.4 Å². The molecule has 0 fully saturated rings. The molecule has 1 nitrogen and oxygen atoms in total. The van der Waals surface area contributed by atoms with E-state index in [2.05, 4.69) is 32.0 Å². The Kier molecular flexibility index (Phi) is 3.10. The first kappa shape index (κ1) is 11.6. The third-order valence-electron chi connectivity index (χ3n) is 3.20. The summed E-state index contributed by atoms with van der Waals surface area (Å²) in [5, 5.41) is 0. The quantitative estimate of drug-likeness (QED) is 0.702. The van der Waals surface area contributed by atoms with Crippen LogP contribution in [0.5, 0.6) is 0 Å². The maximum Gasteiger partial charge on any atom is 0.150 e. The van der Waals surface area contributed by atoms with Crippen LogP contribution in [0, 0.1) is 20.8 Å². The number of carbonyl (C=O) groups is 1. The fourth-order valence-corrected chi connectivity index (χ4v) is 1.99. The van der Waals surface area contributed by atoms with E-state index in [4.69, 9.17) is 0 Å². The highest BCUT2D eigenvalue weighted by Gasteiger charge is 2.04. The predicted octanol–water partition coefficient (Wildman–Crippen LogP) is 4.09. The molecule has 0 heterocycles. The van der Waals surface area contributed by atoms with Crippen molar-refractivity contribution in [2.45, 2.75) is 20.8 Å². The van der Waals surface area contributed by atoms with E-state index in [1.807, 2.05) is 25.1 Å². The number of rotatable bonds is 2. The van der Waals surface area contributed by atoms with Crippen molar-refractivity contribution in [1.29, 1.82) is 0 Å². The van der Waals surface area contributed by atoms with E-state index in [1.54, 1.807) is 0 Å². The number of carbonyl (C=O) groups excluding carboxylic acids is 1. The lowest BCUT2D eigenvalue weighted by Crippen LogP contribution is -1.88. The highest BCUT2D eigenvalue weighted by atomic mass is 16.1. The zero-order valence-corrected chi connectivity index (χ0v) is 10.4. The molecule has 0 saturated heterocycles. The minimum atomic E-state index is 0.732. The van der Waals surface area contributed by atoms with Crippen molar-refractivity contribution >= 4 is 6.29 Å². The minimum Gasteiger partial charge on any atom is -0.298 e. The smallest absolute Gasteiger partial charge is 0.150 e. The molecule has 86 valence electrons. The van der Waals surface area contributed by atoms with Crippen LogP contribution in [0.1, 0.15) is 27.0 Å². The highest BCUT2D eigenvalue weighted by Crippen LogP contribution is 2.25. The Labute approximate surface area is 102 Å². The van der Waals surface area contributed by atoms with Crippen LogP contribution in [0.2, 0.25) is 0 Å². The summed E-state index contributed by atoms with van der Waals surface area (Å²) < 4.78 is 0. The molecule has 1 heteroatoms. The second kappa shape index (κ2) is 4.54. The third kappa shape index (κ3) is 2.28. The zero-order chi connectivity index (χ0) is 12.4. The molecule has 0 saturated carbocycles. The van der Waals surface area contributed by atoms with Gasteiger partial charge in [0.2, 0.25) is 0 Å². The molecular formula is C16H16O. The van der Waals surface area contributed by atoms with Gasteiger partial charge in [-0.3, -0.25) is 4.79 Å². The minimum absolute atomic E-state index is 0.732. The molecule has 0 aliphatic carbocycles. The molecule has 0 amide bonds. The van der Waals surface area contributed by atoms with E-state index in [9.17, 15) is 4.79 Å². The van der Waals surface area contributed by atoms with Crippen LogP contribution in [0.4, 0.5) is 0 Å². The van der Waals surface area contributed by atoms with Crippen molar-refractivity contribution in [1.82, 2.24) is 0 Å². The normalized spacial score (nSPS) is 10.3. The Morgan fingerprint density at radius 3 is 2.18 bits per heavy atom. The van der Waals surface area contributed by atoms with Gasteiger partial charge in [0.15, 0.2) is 0 Å². The molecule has 0 atom stereocenters. The fraction of sp³-hybridized carbons (Fsp3) is 0.188. The number of hydrogen-bond acceptors (Lipinski definition) is 1. The second-order valence-corrected chi connectivity index (χ2v) is 4.49. The first-order valence-corrected chi connectivity index (χ1v) is 5.75. The molecule has 0 aliphatic heterocycles. The Bertz CT molecular complexity index is 568. The average Bonchev–Trinajstić information content (AvgIpc) is 2.32. The lowest BCUT2D eigenvalue weighted by Gasteiger charge is -2.09.